The summed E-state index contributed by atoms with van der Waals surface area (Å²) in [6.45, 7) is 3.52. The Labute approximate surface area is 99.2 Å². The van der Waals surface area contributed by atoms with Crippen molar-refractivity contribution in [2.24, 2.45) is 0 Å². The third-order valence-electron chi connectivity index (χ3n) is 3.39. The Morgan fingerprint density at radius 1 is 1.41 bits per heavy atom. The summed E-state index contributed by atoms with van der Waals surface area (Å²) in [5.74, 6) is -2.65. The normalized spacial score (nSPS) is 31.4. The molecule has 1 fully saturated rings. The van der Waals surface area contributed by atoms with E-state index in [1.54, 1.807) is 13.8 Å². The molecule has 0 spiro atoms. The molecule has 1 saturated heterocycles. The number of nitrogens with zero attached hydrogens (tertiary/aromatic N) is 1. The van der Waals surface area contributed by atoms with Gasteiger partial charge in [-0.15, -0.1) is 0 Å². The molecule has 7 heteroatoms. The van der Waals surface area contributed by atoms with Gasteiger partial charge in [0.05, 0.1) is 18.1 Å². The van der Waals surface area contributed by atoms with Crippen LogP contribution < -0.4 is 15.3 Å². The van der Waals surface area contributed by atoms with Crippen LogP contribution in [-0.4, -0.2) is 41.6 Å². The Bertz CT molecular complexity index is 309. The first-order valence-corrected chi connectivity index (χ1v) is 5.53. The van der Waals surface area contributed by atoms with Gasteiger partial charge in [-0.1, -0.05) is 0 Å². The highest BCUT2D eigenvalue weighted by atomic mass is 16.5. The second-order valence-corrected chi connectivity index (χ2v) is 4.41. The van der Waals surface area contributed by atoms with Gasteiger partial charge in [-0.05, 0) is 26.7 Å². The van der Waals surface area contributed by atoms with Gasteiger partial charge in [0.1, 0.15) is 12.7 Å². The largest absolute Gasteiger partial charge is 0.633 e. The molecule has 17 heavy (non-hydrogen) atoms. The number of quaternary nitrogens is 1. The summed E-state index contributed by atoms with van der Waals surface area (Å²) in [5.41, 5.74) is 0. The zero-order valence-electron chi connectivity index (χ0n) is 9.84. The Balaban J connectivity index is 2.71. The molecule has 0 radical (unpaired) electrons. The van der Waals surface area contributed by atoms with Crippen molar-refractivity contribution in [3.8, 4) is 0 Å². The molecule has 0 amide bonds. The van der Waals surface area contributed by atoms with Crippen LogP contribution in [0.3, 0.4) is 0 Å². The molecule has 1 rings (SSSR count). The molecule has 0 aromatic carbocycles. The number of rotatable bonds is 5. The van der Waals surface area contributed by atoms with Crippen LogP contribution in [0.5, 0.6) is 0 Å². The molecule has 1 aliphatic heterocycles. The first kappa shape index (κ1) is 13.9. The van der Waals surface area contributed by atoms with Gasteiger partial charge in [0.2, 0.25) is 0 Å². The van der Waals surface area contributed by atoms with Gasteiger partial charge in [-0.25, -0.2) is 4.90 Å². The molecule has 4 atom stereocenters. The number of carboxylic acids is 2. The van der Waals surface area contributed by atoms with Gasteiger partial charge in [-0.3, -0.25) is 0 Å². The van der Waals surface area contributed by atoms with Crippen molar-refractivity contribution in [2.75, 3.05) is 6.67 Å². The highest BCUT2D eigenvalue weighted by Gasteiger charge is 2.38. The molecule has 0 aromatic heterocycles. The van der Waals surface area contributed by atoms with Crippen molar-refractivity contribution < 1.29 is 24.9 Å². The minimum Gasteiger partial charge on any atom is -0.633 e. The van der Waals surface area contributed by atoms with E-state index in [-0.39, 0.29) is 36.7 Å². The number of hydrogen-bond acceptors (Lipinski definition) is 6. The molecule has 1 heterocycles. The predicted molar refractivity (Wildman–Crippen MR) is 53.0 cm³/mol. The minimum atomic E-state index is -1.35. The Morgan fingerprint density at radius 3 is 2.35 bits per heavy atom. The number of carbonyl (C=O) groups is 2. The van der Waals surface area contributed by atoms with Crippen LogP contribution >= 0.6 is 0 Å². The van der Waals surface area contributed by atoms with Crippen molar-refractivity contribution in [1.29, 1.82) is 0 Å². The maximum Gasteiger partial charge on any atom is 0.134 e. The topological polar surface area (TPSA) is 111 Å². The lowest BCUT2D eigenvalue weighted by Crippen LogP contribution is -3.09. The summed E-state index contributed by atoms with van der Waals surface area (Å²) < 4.78 is 0. The second-order valence-electron chi connectivity index (χ2n) is 4.41. The van der Waals surface area contributed by atoms with E-state index >= 15 is 0 Å². The quantitative estimate of drug-likeness (QED) is 0.494. The summed E-state index contributed by atoms with van der Waals surface area (Å²) in [4.78, 5) is 22.8. The smallest absolute Gasteiger partial charge is 0.134 e. The average molecular weight is 244 g/mol. The lowest BCUT2D eigenvalue weighted by molar-refractivity contribution is -0.864. The molecule has 0 aromatic rings. The lowest BCUT2D eigenvalue weighted by atomic mass is 10.1. The molecule has 98 valence electrons. The van der Waals surface area contributed by atoms with Crippen LogP contribution in [0.1, 0.15) is 26.7 Å². The van der Waals surface area contributed by atoms with Crippen LogP contribution in [0.2, 0.25) is 0 Å². The van der Waals surface area contributed by atoms with Crippen LogP contribution in [-0.2, 0) is 9.59 Å². The fourth-order valence-corrected chi connectivity index (χ4v) is 2.09. The monoisotopic (exact) mass is 244 g/mol. The molecule has 0 bridgehead atoms. The van der Waals surface area contributed by atoms with E-state index in [2.05, 4.69) is 0 Å². The third kappa shape index (κ3) is 3.15. The van der Waals surface area contributed by atoms with Crippen LogP contribution in [0, 0.1) is 5.21 Å². The van der Waals surface area contributed by atoms with E-state index in [1.807, 2.05) is 0 Å². The molecular formula is C10H16N2O5-2. The van der Waals surface area contributed by atoms with Crippen molar-refractivity contribution in [3.63, 3.8) is 0 Å². The van der Waals surface area contributed by atoms with Crippen molar-refractivity contribution in [2.45, 2.75) is 44.8 Å². The van der Waals surface area contributed by atoms with Crippen molar-refractivity contribution in [3.05, 3.63) is 5.21 Å². The maximum atomic E-state index is 11.5. The minimum absolute atomic E-state index is 0.0304. The number of carbonyl (C=O) groups excluding carboxylic acids is 2. The maximum absolute atomic E-state index is 11.5. The second kappa shape index (κ2) is 5.44. The Kier molecular flexibility index (Phi) is 4.44. The van der Waals surface area contributed by atoms with Gasteiger partial charge < -0.3 is 30.1 Å². The highest BCUT2D eigenvalue weighted by Crippen LogP contribution is 2.14. The van der Waals surface area contributed by atoms with Gasteiger partial charge in [-0.2, -0.15) is 0 Å². The zero-order chi connectivity index (χ0) is 13.2. The number of carboxylic acid groups (broad SMARTS) is 2. The zero-order valence-corrected chi connectivity index (χ0v) is 9.84. The molecule has 0 saturated carbocycles. The van der Waals surface area contributed by atoms with Gasteiger partial charge >= 0.3 is 0 Å². The summed E-state index contributed by atoms with van der Waals surface area (Å²) in [6, 6.07) is -1.50. The van der Waals surface area contributed by atoms with Gasteiger partial charge in [0, 0.05) is 5.97 Å². The van der Waals surface area contributed by atoms with Gasteiger partial charge in [0.15, 0.2) is 0 Å². The summed E-state index contributed by atoms with van der Waals surface area (Å²) in [5, 5.41) is 32.8. The van der Waals surface area contributed by atoms with E-state index in [0.29, 0.717) is 0 Å². The molecule has 0 aliphatic carbocycles. The van der Waals surface area contributed by atoms with E-state index < -0.39 is 18.0 Å². The van der Waals surface area contributed by atoms with Crippen molar-refractivity contribution in [1.82, 2.24) is 4.90 Å². The SMILES string of the molecule is CC1C(C)[NH+]([O-])CN1[C@@H](CCC(=O)[O-])C(=O)[O-]. The molecule has 7 nitrogen and oxygen atoms in total. The molecule has 1 N–H and O–H groups in total. The first-order valence-electron chi connectivity index (χ1n) is 5.53. The Hall–Kier alpha value is -1.18. The lowest BCUT2D eigenvalue weighted by Gasteiger charge is -2.30. The first-order chi connectivity index (χ1) is 7.84. The highest BCUT2D eigenvalue weighted by molar-refractivity contribution is 5.72. The Morgan fingerprint density at radius 2 is 2.00 bits per heavy atom. The van der Waals surface area contributed by atoms with Gasteiger partial charge in [0.25, 0.3) is 0 Å². The molecule has 1 aliphatic rings. The number of hydrogen-bond donors (Lipinski definition) is 1. The van der Waals surface area contributed by atoms with Crippen LogP contribution in [0.25, 0.3) is 0 Å². The van der Waals surface area contributed by atoms with E-state index in [0.717, 1.165) is 0 Å². The number of aliphatic carboxylic acids is 2. The van der Waals surface area contributed by atoms with E-state index in [1.165, 1.54) is 4.90 Å². The predicted octanol–water partition coefficient (Wildman–Crippen LogP) is -3.93. The van der Waals surface area contributed by atoms with E-state index in [4.69, 9.17) is 0 Å². The molecule has 3 unspecified atom stereocenters. The number of hydroxylamine groups is 2. The van der Waals surface area contributed by atoms with Crippen molar-refractivity contribution >= 4 is 11.9 Å². The fraction of sp³-hybridized carbons (Fsp3) is 0.800. The third-order valence-corrected chi connectivity index (χ3v) is 3.39. The average Bonchev–Trinajstić information content (AvgIpc) is 2.46. The number of nitrogens with one attached hydrogen (secondary N) is 1. The van der Waals surface area contributed by atoms with E-state index in [9.17, 15) is 25.0 Å². The summed E-state index contributed by atoms with van der Waals surface area (Å²) >= 11 is 0. The summed E-state index contributed by atoms with van der Waals surface area (Å²) in [6.07, 6.45) is -0.459. The molecular weight excluding hydrogens is 228 g/mol. The standard InChI is InChI=1S/C10H18N2O5/c1-6-7(2)12(17)5-11(6)8(10(15)16)3-4-9(13)14/h6-8,12H,3-5H2,1-2H3,(H,13,14)(H,15,16)/p-2/t6?,7?,8-/m0/s1. The summed E-state index contributed by atoms with van der Waals surface area (Å²) in [7, 11) is 0. The fourth-order valence-electron chi connectivity index (χ4n) is 2.09. The van der Waals surface area contributed by atoms with Crippen LogP contribution in [0.4, 0.5) is 0 Å². The van der Waals surface area contributed by atoms with Crippen LogP contribution in [0.15, 0.2) is 0 Å².